The average molecular weight is 160 g/mol. The van der Waals surface area contributed by atoms with Gasteiger partial charge in [0, 0.05) is 6.61 Å². The molecule has 1 aliphatic carbocycles. The van der Waals surface area contributed by atoms with E-state index in [4.69, 9.17) is 21.6 Å². The molecule has 10 heavy (non-hydrogen) atoms. The summed E-state index contributed by atoms with van der Waals surface area (Å²) in [7, 11) is 0. The summed E-state index contributed by atoms with van der Waals surface area (Å²) < 4.78 is 5.16. The van der Waals surface area contributed by atoms with E-state index in [0.29, 0.717) is 6.61 Å². The van der Waals surface area contributed by atoms with Crippen LogP contribution in [0.5, 0.6) is 0 Å². The van der Waals surface area contributed by atoms with E-state index < -0.39 is 5.38 Å². The second-order valence-electron chi connectivity index (χ2n) is 2.58. The van der Waals surface area contributed by atoms with Gasteiger partial charge in [0.05, 0.1) is 12.7 Å². The summed E-state index contributed by atoms with van der Waals surface area (Å²) in [5.41, 5.74) is 0. The standard InChI is InChI=1S/C7H10ClNO/c8-7(3-9)5-10-4-6-1-2-6/h6-7H,1-2,4-5H2. The fourth-order valence-electron chi connectivity index (χ4n) is 0.660. The Morgan fingerprint density at radius 2 is 2.40 bits per heavy atom. The van der Waals surface area contributed by atoms with Crippen LogP contribution in [-0.4, -0.2) is 18.6 Å². The van der Waals surface area contributed by atoms with Crippen molar-refractivity contribution in [1.29, 1.82) is 5.26 Å². The summed E-state index contributed by atoms with van der Waals surface area (Å²) in [6.45, 7) is 1.15. The van der Waals surface area contributed by atoms with Crippen LogP contribution in [0.4, 0.5) is 0 Å². The molecule has 0 N–H and O–H groups in total. The van der Waals surface area contributed by atoms with E-state index in [1.165, 1.54) is 12.8 Å². The highest BCUT2D eigenvalue weighted by atomic mass is 35.5. The van der Waals surface area contributed by atoms with E-state index in [0.717, 1.165) is 12.5 Å². The highest BCUT2D eigenvalue weighted by Gasteiger charge is 2.21. The summed E-state index contributed by atoms with van der Waals surface area (Å²) in [6.07, 6.45) is 2.55. The highest BCUT2D eigenvalue weighted by molar-refractivity contribution is 6.22. The minimum atomic E-state index is -0.473. The molecule has 56 valence electrons. The normalized spacial score (nSPS) is 20.0. The molecule has 0 bridgehead atoms. The molecule has 1 fully saturated rings. The number of hydrogen-bond acceptors (Lipinski definition) is 2. The molecule has 1 aliphatic rings. The van der Waals surface area contributed by atoms with Gasteiger partial charge in [-0.3, -0.25) is 0 Å². The number of halogens is 1. The third-order valence-electron chi connectivity index (χ3n) is 1.45. The maximum atomic E-state index is 8.25. The molecule has 1 rings (SSSR count). The quantitative estimate of drug-likeness (QED) is 0.583. The van der Waals surface area contributed by atoms with E-state index in [2.05, 4.69) is 0 Å². The zero-order valence-corrected chi connectivity index (χ0v) is 6.47. The first-order chi connectivity index (χ1) is 4.83. The van der Waals surface area contributed by atoms with E-state index in [9.17, 15) is 0 Å². The Morgan fingerprint density at radius 1 is 1.70 bits per heavy atom. The fraction of sp³-hybridized carbons (Fsp3) is 0.857. The van der Waals surface area contributed by atoms with Gasteiger partial charge >= 0.3 is 0 Å². The molecule has 0 amide bonds. The molecule has 0 saturated heterocycles. The summed E-state index contributed by atoms with van der Waals surface area (Å²) in [4.78, 5) is 0. The van der Waals surface area contributed by atoms with E-state index in [1.807, 2.05) is 6.07 Å². The van der Waals surface area contributed by atoms with Gasteiger partial charge in [-0.1, -0.05) is 0 Å². The van der Waals surface area contributed by atoms with Crippen LogP contribution < -0.4 is 0 Å². The zero-order chi connectivity index (χ0) is 7.40. The van der Waals surface area contributed by atoms with Gasteiger partial charge in [0.25, 0.3) is 0 Å². The number of ether oxygens (including phenoxy) is 1. The van der Waals surface area contributed by atoms with Crippen molar-refractivity contribution in [3.63, 3.8) is 0 Å². The summed E-state index contributed by atoms with van der Waals surface area (Å²) >= 11 is 5.48. The third-order valence-corrected chi connectivity index (χ3v) is 1.68. The number of alkyl halides is 1. The Labute approximate surface area is 65.7 Å². The molecule has 3 heteroatoms. The van der Waals surface area contributed by atoms with Crippen molar-refractivity contribution < 1.29 is 4.74 Å². The number of rotatable bonds is 4. The molecule has 0 radical (unpaired) electrons. The molecule has 0 aromatic carbocycles. The van der Waals surface area contributed by atoms with Crippen LogP contribution in [0.3, 0.4) is 0 Å². The molecule has 2 nitrogen and oxygen atoms in total. The molecule has 1 atom stereocenters. The first kappa shape index (κ1) is 7.84. The van der Waals surface area contributed by atoms with Crippen LogP contribution in [-0.2, 0) is 4.74 Å². The van der Waals surface area contributed by atoms with Crippen LogP contribution in [0.2, 0.25) is 0 Å². The monoisotopic (exact) mass is 159 g/mol. The predicted octanol–water partition coefficient (Wildman–Crippen LogP) is 1.54. The Balaban J connectivity index is 1.89. The van der Waals surface area contributed by atoms with Gasteiger partial charge in [-0.05, 0) is 18.8 Å². The first-order valence-corrected chi connectivity index (χ1v) is 3.88. The minimum Gasteiger partial charge on any atom is -0.379 e. The lowest BCUT2D eigenvalue weighted by Gasteiger charge is -2.00. The number of nitrogens with zero attached hydrogens (tertiary/aromatic N) is 1. The van der Waals surface area contributed by atoms with Crippen molar-refractivity contribution in [1.82, 2.24) is 0 Å². The highest BCUT2D eigenvalue weighted by Crippen LogP contribution is 2.28. The van der Waals surface area contributed by atoms with Crippen molar-refractivity contribution in [2.45, 2.75) is 18.2 Å². The van der Waals surface area contributed by atoms with Gasteiger partial charge in [0.2, 0.25) is 0 Å². The van der Waals surface area contributed by atoms with Gasteiger partial charge in [-0.2, -0.15) is 5.26 Å². The SMILES string of the molecule is N#CC(Cl)COCC1CC1. The van der Waals surface area contributed by atoms with E-state index in [-0.39, 0.29) is 0 Å². The molecule has 0 aromatic heterocycles. The van der Waals surface area contributed by atoms with Crippen LogP contribution in [0.15, 0.2) is 0 Å². The Morgan fingerprint density at radius 3 is 2.90 bits per heavy atom. The van der Waals surface area contributed by atoms with Gasteiger partial charge in [-0.25, -0.2) is 0 Å². The lowest BCUT2D eigenvalue weighted by molar-refractivity contribution is 0.131. The summed E-state index contributed by atoms with van der Waals surface area (Å²) in [6, 6.07) is 1.90. The zero-order valence-electron chi connectivity index (χ0n) is 5.72. The smallest absolute Gasteiger partial charge is 0.143 e. The Hall–Kier alpha value is -0.260. The van der Waals surface area contributed by atoms with Crippen molar-refractivity contribution in [2.75, 3.05) is 13.2 Å². The Kier molecular flexibility index (Phi) is 2.98. The first-order valence-electron chi connectivity index (χ1n) is 3.44. The Bertz CT molecular complexity index is 139. The molecular weight excluding hydrogens is 150 g/mol. The van der Waals surface area contributed by atoms with Crippen molar-refractivity contribution in [2.24, 2.45) is 5.92 Å². The van der Waals surface area contributed by atoms with Gasteiger partial charge in [0.1, 0.15) is 5.38 Å². The summed E-state index contributed by atoms with van der Waals surface area (Å²) in [5.74, 6) is 0.752. The van der Waals surface area contributed by atoms with Crippen molar-refractivity contribution in [3.05, 3.63) is 0 Å². The second kappa shape index (κ2) is 3.80. The lowest BCUT2D eigenvalue weighted by atomic mass is 10.4. The van der Waals surface area contributed by atoms with E-state index >= 15 is 0 Å². The molecule has 1 unspecified atom stereocenters. The van der Waals surface area contributed by atoms with Gasteiger partial charge in [-0.15, -0.1) is 11.6 Å². The summed E-state index contributed by atoms with van der Waals surface area (Å²) in [5, 5.41) is 7.78. The van der Waals surface area contributed by atoms with Crippen LogP contribution in [0, 0.1) is 17.2 Å². The molecule has 0 aliphatic heterocycles. The predicted molar refractivity (Wildman–Crippen MR) is 38.8 cm³/mol. The van der Waals surface area contributed by atoms with E-state index in [1.54, 1.807) is 0 Å². The van der Waals surface area contributed by atoms with Gasteiger partial charge < -0.3 is 4.74 Å². The minimum absolute atomic E-state index is 0.370. The number of hydrogen-bond donors (Lipinski definition) is 0. The van der Waals surface area contributed by atoms with Crippen LogP contribution in [0.25, 0.3) is 0 Å². The average Bonchev–Trinajstić information content (AvgIpc) is 2.71. The maximum absolute atomic E-state index is 8.25. The largest absolute Gasteiger partial charge is 0.379 e. The lowest BCUT2D eigenvalue weighted by Crippen LogP contribution is -2.07. The van der Waals surface area contributed by atoms with Crippen molar-refractivity contribution in [3.8, 4) is 6.07 Å². The molecule has 0 spiro atoms. The van der Waals surface area contributed by atoms with Crippen molar-refractivity contribution >= 4 is 11.6 Å². The molecule has 0 heterocycles. The van der Waals surface area contributed by atoms with Gasteiger partial charge in [0.15, 0.2) is 0 Å². The number of nitriles is 1. The van der Waals surface area contributed by atoms with Crippen LogP contribution >= 0.6 is 11.6 Å². The fourth-order valence-corrected chi connectivity index (χ4v) is 0.749. The molecule has 0 aromatic rings. The molecule has 1 saturated carbocycles. The second-order valence-corrected chi connectivity index (χ2v) is 3.10. The molecular formula is C7H10ClNO. The topological polar surface area (TPSA) is 33.0 Å². The van der Waals surface area contributed by atoms with Crippen LogP contribution in [0.1, 0.15) is 12.8 Å². The third kappa shape index (κ3) is 3.05. The maximum Gasteiger partial charge on any atom is 0.143 e.